The number of thiophene rings is 1. The number of hydrogen-bond acceptors (Lipinski definition) is 6. The summed E-state index contributed by atoms with van der Waals surface area (Å²) in [5.74, 6) is -0.335. The van der Waals surface area contributed by atoms with Crippen LogP contribution in [0.5, 0.6) is 0 Å². The van der Waals surface area contributed by atoms with Crippen LogP contribution in [0.4, 0.5) is 5.00 Å². The normalized spacial score (nSPS) is 18.8. The summed E-state index contributed by atoms with van der Waals surface area (Å²) in [7, 11) is 0. The van der Waals surface area contributed by atoms with Gasteiger partial charge < -0.3 is 16.2 Å². The zero-order valence-corrected chi connectivity index (χ0v) is 17.3. The number of nitrogen functional groups attached to an aromatic ring is 1. The Kier molecular flexibility index (Phi) is 5.60. The van der Waals surface area contributed by atoms with E-state index in [1.54, 1.807) is 0 Å². The standard InChI is InChI=1S/C21H29N3O2S/c1-13(14-8-6-5-7-9-14)24-12-17-16(10-15(24)11-22)18(19(23)27-17)20(25)26-21(2,3)4/h5-9,13,15H,10-12,22-23H2,1-4H3/t13?,15-/m0/s1. The number of carbonyl (C=O) groups excluding carboxylic acids is 1. The van der Waals surface area contributed by atoms with Crippen molar-refractivity contribution in [1.29, 1.82) is 0 Å². The second-order valence-corrected chi connectivity index (χ2v) is 9.23. The van der Waals surface area contributed by atoms with E-state index in [0.717, 1.165) is 17.0 Å². The van der Waals surface area contributed by atoms with Gasteiger partial charge in [-0.15, -0.1) is 11.3 Å². The van der Waals surface area contributed by atoms with Crippen molar-refractivity contribution in [1.82, 2.24) is 4.90 Å². The van der Waals surface area contributed by atoms with Crippen LogP contribution in [0.15, 0.2) is 30.3 Å². The van der Waals surface area contributed by atoms with Crippen molar-refractivity contribution in [2.45, 2.75) is 58.3 Å². The van der Waals surface area contributed by atoms with Gasteiger partial charge >= 0.3 is 5.97 Å². The first kappa shape index (κ1) is 19.9. The van der Waals surface area contributed by atoms with E-state index in [-0.39, 0.29) is 18.1 Å². The molecule has 4 N–H and O–H groups in total. The fraction of sp³-hybridized carbons (Fsp3) is 0.476. The minimum atomic E-state index is -0.547. The van der Waals surface area contributed by atoms with Gasteiger partial charge in [-0.1, -0.05) is 30.3 Å². The topological polar surface area (TPSA) is 81.6 Å². The van der Waals surface area contributed by atoms with Gasteiger partial charge in [-0.3, -0.25) is 4.90 Å². The predicted molar refractivity (Wildman–Crippen MR) is 111 cm³/mol. The first-order chi connectivity index (χ1) is 12.7. The highest BCUT2D eigenvalue weighted by molar-refractivity contribution is 7.16. The SMILES string of the molecule is CC(c1ccccc1)N1Cc2sc(N)c(C(=O)OC(C)(C)C)c2C[C@H]1CN. The van der Waals surface area contributed by atoms with E-state index in [2.05, 4.69) is 36.1 Å². The Labute approximate surface area is 165 Å². The molecule has 1 unspecified atom stereocenters. The molecule has 0 spiro atoms. The largest absolute Gasteiger partial charge is 0.456 e. The van der Waals surface area contributed by atoms with Crippen LogP contribution in [0.3, 0.4) is 0 Å². The van der Waals surface area contributed by atoms with Gasteiger partial charge in [0, 0.05) is 30.1 Å². The molecular weight excluding hydrogens is 358 g/mol. The van der Waals surface area contributed by atoms with Crippen LogP contribution in [0, 0.1) is 0 Å². The van der Waals surface area contributed by atoms with Crippen molar-refractivity contribution in [2.24, 2.45) is 5.73 Å². The van der Waals surface area contributed by atoms with Crippen molar-refractivity contribution < 1.29 is 9.53 Å². The molecule has 0 saturated heterocycles. The average molecular weight is 388 g/mol. The maximum Gasteiger partial charge on any atom is 0.341 e. The molecule has 1 aliphatic heterocycles. The number of nitrogens with zero attached hydrogens (tertiary/aromatic N) is 1. The van der Waals surface area contributed by atoms with Crippen molar-refractivity contribution in [3.8, 4) is 0 Å². The van der Waals surface area contributed by atoms with Crippen molar-refractivity contribution in [3.63, 3.8) is 0 Å². The molecule has 0 bridgehead atoms. The van der Waals surface area contributed by atoms with E-state index in [1.165, 1.54) is 16.9 Å². The fourth-order valence-corrected chi connectivity index (χ4v) is 4.77. The molecule has 1 aliphatic rings. The first-order valence-corrected chi connectivity index (χ1v) is 10.2. The summed E-state index contributed by atoms with van der Waals surface area (Å²) < 4.78 is 5.58. The minimum Gasteiger partial charge on any atom is -0.456 e. The number of anilines is 1. The predicted octanol–water partition coefficient (Wildman–Crippen LogP) is 3.73. The average Bonchev–Trinajstić information content (AvgIpc) is 2.94. The maximum atomic E-state index is 12.7. The highest BCUT2D eigenvalue weighted by Crippen LogP contribution is 2.40. The summed E-state index contributed by atoms with van der Waals surface area (Å²) in [6.07, 6.45) is 0.714. The van der Waals surface area contributed by atoms with Crippen LogP contribution in [0.2, 0.25) is 0 Å². The lowest BCUT2D eigenvalue weighted by Gasteiger charge is -2.39. The molecule has 0 saturated carbocycles. The van der Waals surface area contributed by atoms with Gasteiger partial charge in [-0.2, -0.15) is 0 Å². The van der Waals surface area contributed by atoms with E-state index in [1.807, 2.05) is 26.8 Å². The Bertz CT molecular complexity index is 811. The van der Waals surface area contributed by atoms with Crippen LogP contribution in [0.1, 0.15) is 60.1 Å². The van der Waals surface area contributed by atoms with E-state index in [4.69, 9.17) is 16.2 Å². The van der Waals surface area contributed by atoms with E-state index in [0.29, 0.717) is 23.5 Å². The minimum absolute atomic E-state index is 0.155. The Morgan fingerprint density at radius 2 is 2.00 bits per heavy atom. The second kappa shape index (κ2) is 7.62. The zero-order valence-electron chi connectivity index (χ0n) is 16.5. The molecule has 2 aromatic rings. The fourth-order valence-electron chi connectivity index (χ4n) is 3.67. The molecule has 27 heavy (non-hydrogen) atoms. The molecule has 0 radical (unpaired) electrons. The number of carbonyl (C=O) groups is 1. The lowest BCUT2D eigenvalue weighted by Crippen LogP contribution is -2.46. The lowest BCUT2D eigenvalue weighted by molar-refractivity contribution is 0.00687. The maximum absolute atomic E-state index is 12.7. The number of nitrogens with two attached hydrogens (primary N) is 2. The van der Waals surface area contributed by atoms with Gasteiger partial charge in [-0.25, -0.2) is 4.79 Å². The third kappa shape index (κ3) is 4.18. The zero-order chi connectivity index (χ0) is 19.8. The molecule has 2 heterocycles. The third-order valence-corrected chi connectivity index (χ3v) is 6.05. The van der Waals surface area contributed by atoms with Gasteiger partial charge in [0.1, 0.15) is 10.6 Å². The molecule has 0 aliphatic carbocycles. The van der Waals surface area contributed by atoms with E-state index >= 15 is 0 Å². The van der Waals surface area contributed by atoms with Gasteiger partial charge in [-0.05, 0) is 45.2 Å². The van der Waals surface area contributed by atoms with Gasteiger partial charge in [0.25, 0.3) is 0 Å². The molecule has 1 aromatic heterocycles. The summed E-state index contributed by atoms with van der Waals surface area (Å²) in [6.45, 7) is 9.07. The quantitative estimate of drug-likeness (QED) is 0.781. The molecule has 1 aromatic carbocycles. The lowest BCUT2D eigenvalue weighted by atomic mass is 9.93. The summed E-state index contributed by atoms with van der Waals surface area (Å²) in [5.41, 5.74) is 14.6. The summed E-state index contributed by atoms with van der Waals surface area (Å²) in [5, 5.41) is 0.541. The van der Waals surface area contributed by atoms with Crippen LogP contribution < -0.4 is 11.5 Å². The van der Waals surface area contributed by atoms with Gasteiger partial charge in [0.2, 0.25) is 0 Å². The number of fused-ring (bicyclic) bond motifs is 1. The molecule has 3 rings (SSSR count). The molecule has 0 fully saturated rings. The molecular formula is C21H29N3O2S. The van der Waals surface area contributed by atoms with Gasteiger partial charge in [0.05, 0.1) is 5.56 Å². The summed E-state index contributed by atoms with van der Waals surface area (Å²) in [6, 6.07) is 10.8. The van der Waals surface area contributed by atoms with Crippen molar-refractivity contribution in [3.05, 3.63) is 51.9 Å². The van der Waals surface area contributed by atoms with E-state index < -0.39 is 5.60 Å². The highest BCUT2D eigenvalue weighted by atomic mass is 32.1. The van der Waals surface area contributed by atoms with Crippen molar-refractivity contribution in [2.75, 3.05) is 12.3 Å². The first-order valence-electron chi connectivity index (χ1n) is 9.35. The molecule has 0 amide bonds. The molecule has 146 valence electrons. The monoisotopic (exact) mass is 387 g/mol. The van der Waals surface area contributed by atoms with E-state index in [9.17, 15) is 4.79 Å². The van der Waals surface area contributed by atoms with Crippen LogP contribution in [-0.4, -0.2) is 29.1 Å². The third-order valence-electron chi connectivity index (χ3n) is 5.01. The smallest absolute Gasteiger partial charge is 0.341 e. The Morgan fingerprint density at radius 1 is 1.33 bits per heavy atom. The summed E-state index contributed by atoms with van der Waals surface area (Å²) >= 11 is 1.49. The molecule has 5 nitrogen and oxygen atoms in total. The Morgan fingerprint density at radius 3 is 2.59 bits per heavy atom. The van der Waals surface area contributed by atoms with Crippen molar-refractivity contribution >= 4 is 22.3 Å². The van der Waals surface area contributed by atoms with Crippen LogP contribution in [-0.2, 0) is 17.7 Å². The summed E-state index contributed by atoms with van der Waals surface area (Å²) in [4.78, 5) is 16.3. The molecule has 2 atom stereocenters. The number of benzene rings is 1. The number of hydrogen-bond donors (Lipinski definition) is 2. The Balaban J connectivity index is 1.91. The van der Waals surface area contributed by atoms with Crippen LogP contribution >= 0.6 is 11.3 Å². The number of ether oxygens (including phenoxy) is 1. The Hall–Kier alpha value is -1.89. The number of esters is 1. The number of rotatable bonds is 4. The van der Waals surface area contributed by atoms with Crippen LogP contribution in [0.25, 0.3) is 0 Å². The highest BCUT2D eigenvalue weighted by Gasteiger charge is 2.35. The van der Waals surface area contributed by atoms with Gasteiger partial charge in [0.15, 0.2) is 0 Å². The molecule has 6 heteroatoms. The second-order valence-electron chi connectivity index (χ2n) is 8.10.